The smallest absolute Gasteiger partial charge is 0.252 e. The van der Waals surface area contributed by atoms with Crippen LogP contribution in [0.25, 0.3) is 0 Å². The third kappa shape index (κ3) is 5.21. The standard InChI is InChI=1S/C19H21NO3S2/c1-4-13-24-18-8-6-5-7-17(18)19(21)20-14(2)15-9-11-16(12-10-15)25(3,22)23/h4-12,14H,1,13H2,2-3H3,(H,20,21)/t14-/m0/s1. The molecule has 0 aromatic heterocycles. The predicted octanol–water partition coefficient (Wildman–Crippen LogP) is 3.86. The minimum Gasteiger partial charge on any atom is -0.345 e. The Morgan fingerprint density at radius 1 is 1.20 bits per heavy atom. The SMILES string of the molecule is C=CCSc1ccccc1C(=O)N[C@@H](C)c1ccc(S(C)(=O)=O)cc1. The largest absolute Gasteiger partial charge is 0.345 e. The maximum atomic E-state index is 12.6. The number of benzene rings is 2. The molecule has 6 heteroatoms. The molecule has 0 spiro atoms. The van der Waals surface area contributed by atoms with Gasteiger partial charge in [0.15, 0.2) is 9.84 Å². The molecule has 0 heterocycles. The van der Waals surface area contributed by atoms with Crippen molar-refractivity contribution in [2.45, 2.75) is 22.8 Å². The lowest BCUT2D eigenvalue weighted by Gasteiger charge is -2.16. The Labute approximate surface area is 153 Å². The lowest BCUT2D eigenvalue weighted by atomic mass is 10.1. The average Bonchev–Trinajstić information content (AvgIpc) is 2.59. The Morgan fingerprint density at radius 3 is 2.44 bits per heavy atom. The zero-order valence-corrected chi connectivity index (χ0v) is 15.9. The molecule has 4 nitrogen and oxygen atoms in total. The van der Waals surface area contributed by atoms with Crippen LogP contribution >= 0.6 is 11.8 Å². The van der Waals surface area contributed by atoms with Crippen LogP contribution in [-0.4, -0.2) is 26.3 Å². The fourth-order valence-corrected chi connectivity index (χ4v) is 3.71. The van der Waals surface area contributed by atoms with Crippen LogP contribution in [0.3, 0.4) is 0 Å². The number of carbonyl (C=O) groups is 1. The third-order valence-electron chi connectivity index (χ3n) is 3.64. The van der Waals surface area contributed by atoms with E-state index in [1.54, 1.807) is 48.2 Å². The van der Waals surface area contributed by atoms with Gasteiger partial charge in [-0.3, -0.25) is 4.79 Å². The molecular formula is C19H21NO3S2. The highest BCUT2D eigenvalue weighted by Crippen LogP contribution is 2.24. The highest BCUT2D eigenvalue weighted by Gasteiger charge is 2.15. The molecule has 2 aromatic rings. The number of thioether (sulfide) groups is 1. The summed E-state index contributed by atoms with van der Waals surface area (Å²) >= 11 is 1.56. The van der Waals surface area contributed by atoms with E-state index < -0.39 is 9.84 Å². The van der Waals surface area contributed by atoms with Gasteiger partial charge in [0.25, 0.3) is 5.91 Å². The molecule has 0 saturated heterocycles. The summed E-state index contributed by atoms with van der Waals surface area (Å²) in [5, 5.41) is 2.96. The minimum absolute atomic E-state index is 0.160. The lowest BCUT2D eigenvalue weighted by molar-refractivity contribution is 0.0937. The molecule has 25 heavy (non-hydrogen) atoms. The fraction of sp³-hybridized carbons (Fsp3) is 0.211. The molecule has 0 unspecified atom stereocenters. The van der Waals surface area contributed by atoms with E-state index in [0.29, 0.717) is 5.56 Å². The number of rotatable bonds is 7. The van der Waals surface area contributed by atoms with E-state index in [1.165, 1.54) is 6.26 Å². The molecule has 2 aromatic carbocycles. The van der Waals surface area contributed by atoms with Crippen LogP contribution in [0.15, 0.2) is 71.0 Å². The van der Waals surface area contributed by atoms with Gasteiger partial charge in [-0.05, 0) is 36.8 Å². The van der Waals surface area contributed by atoms with Gasteiger partial charge in [-0.2, -0.15) is 0 Å². The predicted molar refractivity (Wildman–Crippen MR) is 103 cm³/mol. The topological polar surface area (TPSA) is 63.2 Å². The van der Waals surface area contributed by atoms with Gasteiger partial charge in [0, 0.05) is 16.9 Å². The van der Waals surface area contributed by atoms with Gasteiger partial charge >= 0.3 is 0 Å². The maximum Gasteiger partial charge on any atom is 0.252 e. The summed E-state index contributed by atoms with van der Waals surface area (Å²) < 4.78 is 23.0. The van der Waals surface area contributed by atoms with Gasteiger partial charge in [0.2, 0.25) is 0 Å². The Balaban J connectivity index is 2.14. The second-order valence-electron chi connectivity index (χ2n) is 5.63. The third-order valence-corrected chi connectivity index (χ3v) is 5.84. The van der Waals surface area contributed by atoms with Crippen LogP contribution in [-0.2, 0) is 9.84 Å². The van der Waals surface area contributed by atoms with E-state index in [9.17, 15) is 13.2 Å². The second-order valence-corrected chi connectivity index (χ2v) is 8.71. The minimum atomic E-state index is -3.22. The van der Waals surface area contributed by atoms with E-state index in [4.69, 9.17) is 0 Å². The number of hydrogen-bond acceptors (Lipinski definition) is 4. The van der Waals surface area contributed by atoms with Crippen molar-refractivity contribution in [2.75, 3.05) is 12.0 Å². The summed E-state index contributed by atoms with van der Waals surface area (Å²) in [6.07, 6.45) is 2.97. The maximum absolute atomic E-state index is 12.6. The monoisotopic (exact) mass is 375 g/mol. The van der Waals surface area contributed by atoms with Crippen molar-refractivity contribution in [3.63, 3.8) is 0 Å². The van der Waals surface area contributed by atoms with Gasteiger partial charge in [-0.25, -0.2) is 8.42 Å². The first-order valence-corrected chi connectivity index (χ1v) is 10.6. The highest BCUT2D eigenvalue weighted by molar-refractivity contribution is 7.99. The second kappa shape index (κ2) is 8.36. The molecule has 0 aliphatic heterocycles. The molecule has 132 valence electrons. The molecular weight excluding hydrogens is 354 g/mol. The summed E-state index contributed by atoms with van der Waals surface area (Å²) in [5.74, 6) is 0.569. The van der Waals surface area contributed by atoms with Gasteiger partial charge in [-0.1, -0.05) is 30.3 Å². The molecule has 1 atom stereocenters. The summed E-state index contributed by atoms with van der Waals surface area (Å²) in [6.45, 7) is 5.57. The van der Waals surface area contributed by atoms with Crippen LogP contribution in [0.4, 0.5) is 0 Å². The quantitative estimate of drug-likeness (QED) is 0.590. The zero-order chi connectivity index (χ0) is 18.4. The molecule has 0 aliphatic rings. The number of nitrogens with one attached hydrogen (secondary N) is 1. The number of hydrogen-bond donors (Lipinski definition) is 1. The van der Waals surface area contributed by atoms with Crippen LogP contribution in [0.2, 0.25) is 0 Å². The molecule has 0 aliphatic carbocycles. The van der Waals surface area contributed by atoms with Crippen molar-refractivity contribution in [3.05, 3.63) is 72.3 Å². The molecule has 0 saturated carbocycles. The fourth-order valence-electron chi connectivity index (χ4n) is 2.29. The first-order chi connectivity index (χ1) is 11.8. The number of carbonyl (C=O) groups excluding carboxylic acids is 1. The zero-order valence-electron chi connectivity index (χ0n) is 14.2. The van der Waals surface area contributed by atoms with E-state index in [0.717, 1.165) is 16.2 Å². The van der Waals surface area contributed by atoms with Crippen molar-refractivity contribution < 1.29 is 13.2 Å². The van der Waals surface area contributed by atoms with E-state index in [1.807, 2.05) is 25.1 Å². The normalized spacial score (nSPS) is 12.4. The van der Waals surface area contributed by atoms with Crippen LogP contribution in [0.5, 0.6) is 0 Å². The number of sulfone groups is 1. The molecule has 0 fully saturated rings. The van der Waals surface area contributed by atoms with Crippen molar-refractivity contribution >= 4 is 27.5 Å². The summed E-state index contributed by atoms with van der Waals surface area (Å²) in [5.41, 5.74) is 1.46. The van der Waals surface area contributed by atoms with E-state index in [2.05, 4.69) is 11.9 Å². The van der Waals surface area contributed by atoms with Crippen LogP contribution < -0.4 is 5.32 Å². The Hall–Kier alpha value is -2.05. The van der Waals surface area contributed by atoms with Gasteiger partial charge in [0.05, 0.1) is 16.5 Å². The average molecular weight is 376 g/mol. The van der Waals surface area contributed by atoms with Gasteiger partial charge in [-0.15, -0.1) is 18.3 Å². The lowest BCUT2D eigenvalue weighted by Crippen LogP contribution is -2.27. The van der Waals surface area contributed by atoms with Gasteiger partial charge in [0.1, 0.15) is 0 Å². The Morgan fingerprint density at radius 2 is 1.84 bits per heavy atom. The molecule has 2 rings (SSSR count). The molecule has 0 bridgehead atoms. The summed E-state index contributed by atoms with van der Waals surface area (Å²) in [6, 6.07) is 13.8. The van der Waals surface area contributed by atoms with Crippen molar-refractivity contribution in [1.82, 2.24) is 5.32 Å². The van der Waals surface area contributed by atoms with Crippen molar-refractivity contribution in [1.29, 1.82) is 0 Å². The Kier molecular flexibility index (Phi) is 6.45. The van der Waals surface area contributed by atoms with E-state index in [-0.39, 0.29) is 16.8 Å². The molecule has 0 radical (unpaired) electrons. The van der Waals surface area contributed by atoms with E-state index >= 15 is 0 Å². The Bertz CT molecular complexity index is 858. The molecule has 1 amide bonds. The highest BCUT2D eigenvalue weighted by atomic mass is 32.2. The van der Waals surface area contributed by atoms with Crippen molar-refractivity contribution in [2.24, 2.45) is 0 Å². The number of amides is 1. The summed E-state index contributed by atoms with van der Waals surface area (Å²) in [4.78, 5) is 13.8. The first-order valence-electron chi connectivity index (χ1n) is 7.76. The molecule has 1 N–H and O–H groups in total. The van der Waals surface area contributed by atoms with Gasteiger partial charge < -0.3 is 5.32 Å². The van der Waals surface area contributed by atoms with Crippen LogP contribution in [0, 0.1) is 0 Å². The first kappa shape index (κ1) is 19.3. The summed E-state index contributed by atoms with van der Waals surface area (Å²) in [7, 11) is -3.22. The van der Waals surface area contributed by atoms with Crippen molar-refractivity contribution in [3.8, 4) is 0 Å². The van der Waals surface area contributed by atoms with Crippen LogP contribution in [0.1, 0.15) is 28.9 Å².